The van der Waals surface area contributed by atoms with Crippen molar-refractivity contribution in [2.75, 3.05) is 19.8 Å². The van der Waals surface area contributed by atoms with E-state index in [1.165, 1.54) is 5.56 Å². The highest BCUT2D eigenvalue weighted by Crippen LogP contribution is 2.32. The van der Waals surface area contributed by atoms with Crippen LogP contribution in [0.1, 0.15) is 11.6 Å². The molecular weight excluding hydrogens is 178 g/mol. The molecule has 1 aromatic carbocycles. The zero-order valence-electron chi connectivity index (χ0n) is 7.90. The van der Waals surface area contributed by atoms with Gasteiger partial charge in [0.1, 0.15) is 12.4 Å². The first-order valence-electron chi connectivity index (χ1n) is 4.99. The van der Waals surface area contributed by atoms with Crippen molar-refractivity contribution in [1.82, 2.24) is 5.32 Å². The highest BCUT2D eigenvalue weighted by atomic mass is 16.5. The van der Waals surface area contributed by atoms with Crippen LogP contribution >= 0.6 is 0 Å². The summed E-state index contributed by atoms with van der Waals surface area (Å²) < 4.78 is 10.7. The van der Waals surface area contributed by atoms with E-state index in [2.05, 4.69) is 17.4 Å². The zero-order valence-corrected chi connectivity index (χ0v) is 7.90. The Kier molecular flexibility index (Phi) is 1.92. The third-order valence-corrected chi connectivity index (χ3v) is 2.77. The Morgan fingerprint density at radius 3 is 2.79 bits per heavy atom. The summed E-state index contributed by atoms with van der Waals surface area (Å²) in [6.45, 7) is 2.41. The molecule has 1 N–H and O–H groups in total. The maximum Gasteiger partial charge on any atom is 0.124 e. The minimum Gasteiger partial charge on any atom is -0.491 e. The van der Waals surface area contributed by atoms with Crippen LogP contribution in [-0.2, 0) is 4.74 Å². The topological polar surface area (TPSA) is 30.5 Å². The molecule has 0 amide bonds. The second-order valence-corrected chi connectivity index (χ2v) is 3.80. The van der Waals surface area contributed by atoms with Gasteiger partial charge in [-0.25, -0.2) is 0 Å². The van der Waals surface area contributed by atoms with E-state index in [0.717, 1.165) is 25.6 Å². The average Bonchev–Trinajstić information content (AvgIpc) is 2.55. The fraction of sp³-hybridized carbons (Fsp3) is 0.455. The van der Waals surface area contributed by atoms with E-state index in [1.54, 1.807) is 0 Å². The molecule has 1 saturated heterocycles. The molecule has 0 radical (unpaired) electrons. The second-order valence-electron chi connectivity index (χ2n) is 3.80. The largest absolute Gasteiger partial charge is 0.491 e. The molecule has 1 aromatic rings. The number of rotatable bonds is 2. The smallest absolute Gasteiger partial charge is 0.124 e. The summed E-state index contributed by atoms with van der Waals surface area (Å²) in [4.78, 5) is 0. The number of hydrogen-bond acceptors (Lipinski definition) is 3. The van der Waals surface area contributed by atoms with Crippen LogP contribution in [0.4, 0.5) is 0 Å². The van der Waals surface area contributed by atoms with Gasteiger partial charge in [-0.15, -0.1) is 0 Å². The summed E-state index contributed by atoms with van der Waals surface area (Å²) >= 11 is 0. The highest BCUT2D eigenvalue weighted by molar-refractivity contribution is 5.39. The molecule has 0 aliphatic carbocycles. The Bertz CT molecular complexity index is 336. The van der Waals surface area contributed by atoms with Gasteiger partial charge in [-0.2, -0.15) is 0 Å². The van der Waals surface area contributed by atoms with E-state index in [0.29, 0.717) is 12.1 Å². The molecule has 74 valence electrons. The lowest BCUT2D eigenvalue weighted by Gasteiger charge is -2.29. The van der Waals surface area contributed by atoms with E-state index in [-0.39, 0.29) is 0 Å². The van der Waals surface area contributed by atoms with Gasteiger partial charge in [0.2, 0.25) is 0 Å². The van der Waals surface area contributed by atoms with Crippen molar-refractivity contribution in [3.63, 3.8) is 0 Å². The SMILES string of the molecule is c1ccc2c(c1)OCC2NC1COC1. The van der Waals surface area contributed by atoms with Crippen LogP contribution < -0.4 is 10.1 Å². The Hall–Kier alpha value is -1.06. The molecule has 1 atom stereocenters. The van der Waals surface area contributed by atoms with Gasteiger partial charge in [-0.3, -0.25) is 5.32 Å². The lowest BCUT2D eigenvalue weighted by Crippen LogP contribution is -2.47. The van der Waals surface area contributed by atoms with E-state index in [4.69, 9.17) is 9.47 Å². The molecule has 14 heavy (non-hydrogen) atoms. The molecule has 3 heteroatoms. The molecule has 0 spiro atoms. The summed E-state index contributed by atoms with van der Waals surface area (Å²) in [5.74, 6) is 1.02. The van der Waals surface area contributed by atoms with Crippen molar-refractivity contribution in [3.05, 3.63) is 29.8 Å². The number of benzene rings is 1. The summed E-state index contributed by atoms with van der Waals surface area (Å²) in [6.07, 6.45) is 0. The van der Waals surface area contributed by atoms with E-state index in [1.807, 2.05) is 12.1 Å². The van der Waals surface area contributed by atoms with Gasteiger partial charge >= 0.3 is 0 Å². The second kappa shape index (κ2) is 3.26. The summed E-state index contributed by atoms with van der Waals surface area (Å²) in [5, 5.41) is 3.52. The van der Waals surface area contributed by atoms with Gasteiger partial charge < -0.3 is 9.47 Å². The van der Waals surface area contributed by atoms with Crippen LogP contribution in [-0.4, -0.2) is 25.9 Å². The van der Waals surface area contributed by atoms with Crippen molar-refractivity contribution in [3.8, 4) is 5.75 Å². The lowest BCUT2D eigenvalue weighted by molar-refractivity contribution is -0.0110. The number of ether oxygens (including phenoxy) is 2. The lowest BCUT2D eigenvalue weighted by atomic mass is 10.1. The van der Waals surface area contributed by atoms with Crippen molar-refractivity contribution < 1.29 is 9.47 Å². The van der Waals surface area contributed by atoms with Crippen LogP contribution in [0, 0.1) is 0 Å². The number of hydrogen-bond donors (Lipinski definition) is 1. The quantitative estimate of drug-likeness (QED) is 0.759. The standard InChI is InChI=1S/C11H13NO2/c1-2-4-11-9(3-1)10(7-14-11)12-8-5-13-6-8/h1-4,8,10,12H,5-7H2. The average molecular weight is 191 g/mol. The van der Waals surface area contributed by atoms with Gasteiger partial charge in [0.05, 0.1) is 25.3 Å². The van der Waals surface area contributed by atoms with E-state index >= 15 is 0 Å². The Morgan fingerprint density at radius 1 is 1.14 bits per heavy atom. The van der Waals surface area contributed by atoms with E-state index in [9.17, 15) is 0 Å². The first kappa shape index (κ1) is 8.26. The first-order valence-corrected chi connectivity index (χ1v) is 4.99. The van der Waals surface area contributed by atoms with Gasteiger partial charge in [0, 0.05) is 5.56 Å². The van der Waals surface area contributed by atoms with Gasteiger partial charge in [0.15, 0.2) is 0 Å². The Morgan fingerprint density at radius 2 is 2.00 bits per heavy atom. The van der Waals surface area contributed by atoms with Gasteiger partial charge in [-0.05, 0) is 6.07 Å². The molecule has 0 saturated carbocycles. The maximum atomic E-state index is 5.58. The Labute approximate surface area is 83.0 Å². The minimum atomic E-state index is 0.347. The van der Waals surface area contributed by atoms with Crippen molar-refractivity contribution in [2.45, 2.75) is 12.1 Å². The Balaban J connectivity index is 1.76. The van der Waals surface area contributed by atoms with E-state index < -0.39 is 0 Å². The molecule has 1 fully saturated rings. The van der Waals surface area contributed by atoms with Crippen LogP contribution in [0.25, 0.3) is 0 Å². The fourth-order valence-corrected chi connectivity index (χ4v) is 1.92. The summed E-state index contributed by atoms with van der Waals surface area (Å²) in [5.41, 5.74) is 1.28. The molecule has 2 aliphatic rings. The number of para-hydroxylation sites is 1. The van der Waals surface area contributed by atoms with Crippen LogP contribution in [0.5, 0.6) is 5.75 Å². The molecule has 3 rings (SSSR count). The van der Waals surface area contributed by atoms with Crippen LogP contribution in [0.15, 0.2) is 24.3 Å². The third kappa shape index (κ3) is 1.29. The van der Waals surface area contributed by atoms with Gasteiger partial charge in [-0.1, -0.05) is 18.2 Å². The minimum absolute atomic E-state index is 0.347. The predicted molar refractivity (Wildman–Crippen MR) is 52.4 cm³/mol. The molecule has 1 unspecified atom stereocenters. The zero-order chi connectivity index (χ0) is 9.38. The summed E-state index contributed by atoms with van der Waals surface area (Å²) in [7, 11) is 0. The molecule has 0 aromatic heterocycles. The number of fused-ring (bicyclic) bond motifs is 1. The normalized spacial score (nSPS) is 25.3. The van der Waals surface area contributed by atoms with Crippen LogP contribution in [0.2, 0.25) is 0 Å². The number of nitrogens with one attached hydrogen (secondary N) is 1. The highest BCUT2D eigenvalue weighted by Gasteiger charge is 2.28. The van der Waals surface area contributed by atoms with Crippen LogP contribution in [0.3, 0.4) is 0 Å². The van der Waals surface area contributed by atoms with Crippen molar-refractivity contribution >= 4 is 0 Å². The monoisotopic (exact) mass is 191 g/mol. The van der Waals surface area contributed by atoms with Crippen molar-refractivity contribution in [2.24, 2.45) is 0 Å². The molecule has 3 nitrogen and oxygen atoms in total. The predicted octanol–water partition coefficient (Wildman–Crippen LogP) is 1.11. The van der Waals surface area contributed by atoms with Crippen molar-refractivity contribution in [1.29, 1.82) is 0 Å². The third-order valence-electron chi connectivity index (χ3n) is 2.77. The first-order chi connectivity index (χ1) is 6.93. The molecule has 0 bridgehead atoms. The molecule has 2 heterocycles. The van der Waals surface area contributed by atoms with Gasteiger partial charge in [0.25, 0.3) is 0 Å². The fourth-order valence-electron chi connectivity index (χ4n) is 1.92. The molecule has 2 aliphatic heterocycles. The summed E-state index contributed by atoms with van der Waals surface area (Å²) in [6, 6.07) is 9.07. The molecular formula is C11H13NO2. The maximum absolute atomic E-state index is 5.58.